The van der Waals surface area contributed by atoms with Crippen LogP contribution in [0.2, 0.25) is 0 Å². The molecule has 8 heteroatoms. The summed E-state index contributed by atoms with van der Waals surface area (Å²) in [5, 5.41) is 18.8. The first-order valence-corrected chi connectivity index (χ1v) is 10.4. The summed E-state index contributed by atoms with van der Waals surface area (Å²) in [6, 6.07) is 6.27. The van der Waals surface area contributed by atoms with Crippen LogP contribution in [0.5, 0.6) is 0 Å². The van der Waals surface area contributed by atoms with Crippen LogP contribution in [-0.2, 0) is 10.4 Å². The molecule has 1 fully saturated rings. The van der Waals surface area contributed by atoms with E-state index >= 15 is 0 Å². The second-order valence-corrected chi connectivity index (χ2v) is 8.62. The number of benzene rings is 1. The number of carbonyl (C=O) groups excluding carboxylic acids is 2. The fourth-order valence-electron chi connectivity index (χ4n) is 4.12. The fraction of sp³-hybridized carbons (Fsp3) is 0.391. The van der Waals surface area contributed by atoms with Crippen molar-refractivity contribution in [2.45, 2.75) is 51.2 Å². The van der Waals surface area contributed by atoms with Gasteiger partial charge in [0.2, 0.25) is 0 Å². The minimum Gasteiger partial charge on any atom is -0.386 e. The van der Waals surface area contributed by atoms with Crippen molar-refractivity contribution in [3.63, 3.8) is 0 Å². The van der Waals surface area contributed by atoms with Gasteiger partial charge in [0.25, 0.3) is 5.91 Å². The predicted molar refractivity (Wildman–Crippen MR) is 114 cm³/mol. The van der Waals surface area contributed by atoms with Gasteiger partial charge in [-0.25, -0.2) is 9.37 Å². The monoisotopic (exact) mass is 424 g/mol. The van der Waals surface area contributed by atoms with Gasteiger partial charge in [0, 0.05) is 34.9 Å². The zero-order valence-electron chi connectivity index (χ0n) is 17.5. The van der Waals surface area contributed by atoms with E-state index < -0.39 is 17.3 Å². The van der Waals surface area contributed by atoms with E-state index in [9.17, 15) is 19.1 Å². The number of anilines is 1. The number of aliphatic hydroxyl groups is 1. The van der Waals surface area contributed by atoms with Crippen LogP contribution in [0.25, 0.3) is 10.9 Å². The van der Waals surface area contributed by atoms with Gasteiger partial charge in [0.05, 0.1) is 17.2 Å². The Morgan fingerprint density at radius 2 is 2.03 bits per heavy atom. The normalized spacial score (nSPS) is 19.4. The van der Waals surface area contributed by atoms with Crippen molar-refractivity contribution < 1.29 is 19.1 Å². The van der Waals surface area contributed by atoms with E-state index in [0.29, 0.717) is 16.8 Å². The first-order valence-electron chi connectivity index (χ1n) is 10.4. The van der Waals surface area contributed by atoms with E-state index in [1.807, 2.05) is 10.9 Å². The van der Waals surface area contributed by atoms with Gasteiger partial charge >= 0.3 is 0 Å². The Labute approximate surface area is 179 Å². The van der Waals surface area contributed by atoms with Crippen LogP contribution in [0.1, 0.15) is 61.6 Å². The molecule has 0 radical (unpaired) electrons. The molecule has 7 nitrogen and oxygen atoms in total. The fourth-order valence-corrected chi connectivity index (χ4v) is 4.12. The summed E-state index contributed by atoms with van der Waals surface area (Å²) >= 11 is 0. The number of aldehydes is 1. The van der Waals surface area contributed by atoms with Crippen LogP contribution in [0.4, 0.5) is 10.1 Å². The lowest BCUT2D eigenvalue weighted by atomic mass is 9.87. The summed E-state index contributed by atoms with van der Waals surface area (Å²) in [4.78, 5) is 27.4. The summed E-state index contributed by atoms with van der Waals surface area (Å²) in [5.41, 5.74) is -0.0342. The van der Waals surface area contributed by atoms with Crippen molar-refractivity contribution in [2.24, 2.45) is 5.92 Å². The quantitative estimate of drug-likeness (QED) is 0.604. The number of nitrogens with zero attached hydrogens (tertiary/aromatic N) is 3. The molecule has 31 heavy (non-hydrogen) atoms. The van der Waals surface area contributed by atoms with Crippen LogP contribution in [-0.4, -0.2) is 32.1 Å². The number of amides is 1. The second-order valence-electron chi connectivity index (χ2n) is 8.62. The maximum absolute atomic E-state index is 14.0. The zero-order chi connectivity index (χ0) is 22.2. The standard InChI is InChI=1S/C23H25FN4O3/c1-23(2,31)17-11-19-15(12-28(27-19)16-7-5-14(13-29)6-8-16)10-20(17)26-22(30)21-18(24)4-3-9-25-21/h3-4,9-14,16,31H,5-8H2,1-2H3,(H,26,30)/t14-,16-. The number of rotatable bonds is 5. The molecular weight excluding hydrogens is 399 g/mol. The molecule has 0 atom stereocenters. The molecule has 2 N–H and O–H groups in total. The number of hydrogen-bond acceptors (Lipinski definition) is 5. The van der Waals surface area contributed by atoms with E-state index in [1.54, 1.807) is 26.0 Å². The van der Waals surface area contributed by atoms with E-state index in [0.717, 1.165) is 37.4 Å². The van der Waals surface area contributed by atoms with Crippen LogP contribution in [0, 0.1) is 11.7 Å². The lowest BCUT2D eigenvalue weighted by Crippen LogP contribution is -2.22. The van der Waals surface area contributed by atoms with Crippen molar-refractivity contribution in [3.8, 4) is 0 Å². The third kappa shape index (κ3) is 4.34. The number of nitrogens with one attached hydrogen (secondary N) is 1. The summed E-state index contributed by atoms with van der Waals surface area (Å²) in [7, 11) is 0. The summed E-state index contributed by atoms with van der Waals surface area (Å²) in [6.45, 7) is 3.23. The molecule has 162 valence electrons. The molecule has 0 aliphatic heterocycles. The molecule has 1 saturated carbocycles. The molecule has 2 heterocycles. The van der Waals surface area contributed by atoms with Gasteiger partial charge in [-0.05, 0) is 63.8 Å². The van der Waals surface area contributed by atoms with Gasteiger partial charge in [-0.15, -0.1) is 0 Å². The molecule has 3 aromatic rings. The average Bonchev–Trinajstić information content (AvgIpc) is 3.16. The van der Waals surface area contributed by atoms with Crippen LogP contribution in [0.15, 0.2) is 36.7 Å². The van der Waals surface area contributed by atoms with Crippen molar-refractivity contribution in [1.82, 2.24) is 14.8 Å². The highest BCUT2D eigenvalue weighted by Gasteiger charge is 2.26. The number of hydrogen-bond donors (Lipinski definition) is 2. The van der Waals surface area contributed by atoms with Crippen molar-refractivity contribution in [2.75, 3.05) is 5.32 Å². The number of carbonyl (C=O) groups is 2. The van der Waals surface area contributed by atoms with Crippen molar-refractivity contribution in [3.05, 3.63) is 53.7 Å². The highest BCUT2D eigenvalue weighted by molar-refractivity contribution is 6.04. The highest BCUT2D eigenvalue weighted by atomic mass is 19.1. The molecule has 2 aromatic heterocycles. The Hall–Kier alpha value is -3.13. The van der Waals surface area contributed by atoms with Gasteiger partial charge in [-0.2, -0.15) is 5.10 Å². The third-order valence-corrected chi connectivity index (χ3v) is 5.85. The minimum absolute atomic E-state index is 0.122. The molecule has 1 amide bonds. The minimum atomic E-state index is -1.26. The lowest BCUT2D eigenvalue weighted by molar-refractivity contribution is -0.112. The summed E-state index contributed by atoms with van der Waals surface area (Å²) in [6.07, 6.45) is 7.72. The molecule has 4 rings (SSSR count). The second kappa shape index (κ2) is 8.19. The zero-order valence-corrected chi connectivity index (χ0v) is 17.5. The van der Waals surface area contributed by atoms with E-state index in [2.05, 4.69) is 15.4 Å². The number of halogens is 1. The molecular formula is C23H25FN4O3. The maximum atomic E-state index is 14.0. The Morgan fingerprint density at radius 3 is 2.68 bits per heavy atom. The number of pyridine rings is 1. The molecule has 1 aromatic carbocycles. The predicted octanol–water partition coefficient (Wildman–Crippen LogP) is 3.98. The van der Waals surface area contributed by atoms with Crippen molar-refractivity contribution >= 4 is 28.8 Å². The van der Waals surface area contributed by atoms with Gasteiger partial charge in [0.15, 0.2) is 11.5 Å². The molecule has 1 aliphatic rings. The van der Waals surface area contributed by atoms with Gasteiger partial charge < -0.3 is 15.2 Å². The van der Waals surface area contributed by atoms with E-state index in [1.165, 1.54) is 18.3 Å². The van der Waals surface area contributed by atoms with Gasteiger partial charge in [0.1, 0.15) is 6.29 Å². The highest BCUT2D eigenvalue weighted by Crippen LogP contribution is 2.35. The smallest absolute Gasteiger partial charge is 0.277 e. The van der Waals surface area contributed by atoms with E-state index in [4.69, 9.17) is 0 Å². The Balaban J connectivity index is 1.68. The SMILES string of the molecule is CC(C)(O)c1cc2nn([C@H]3CC[C@H](C=O)CC3)cc2cc1NC(=O)c1ncccc1F. The topological polar surface area (TPSA) is 97.1 Å². The summed E-state index contributed by atoms with van der Waals surface area (Å²) < 4.78 is 15.9. The maximum Gasteiger partial charge on any atom is 0.277 e. The Morgan fingerprint density at radius 1 is 1.29 bits per heavy atom. The first kappa shape index (κ1) is 21.1. The Kier molecular flexibility index (Phi) is 5.58. The van der Waals surface area contributed by atoms with Crippen LogP contribution < -0.4 is 5.32 Å². The molecule has 0 unspecified atom stereocenters. The first-order chi connectivity index (χ1) is 14.8. The summed E-state index contributed by atoms with van der Waals surface area (Å²) in [5.74, 6) is -1.29. The van der Waals surface area contributed by atoms with Crippen molar-refractivity contribution in [1.29, 1.82) is 0 Å². The number of fused-ring (bicyclic) bond motifs is 1. The Bertz CT molecular complexity index is 1130. The van der Waals surface area contributed by atoms with Crippen LogP contribution in [0.3, 0.4) is 0 Å². The molecule has 1 aliphatic carbocycles. The van der Waals surface area contributed by atoms with E-state index in [-0.39, 0.29) is 17.7 Å². The number of aromatic nitrogens is 3. The average molecular weight is 424 g/mol. The largest absolute Gasteiger partial charge is 0.386 e. The molecule has 0 saturated heterocycles. The van der Waals surface area contributed by atoms with Gasteiger partial charge in [-0.1, -0.05) is 0 Å². The van der Waals surface area contributed by atoms with Crippen LogP contribution >= 0.6 is 0 Å². The lowest BCUT2D eigenvalue weighted by Gasteiger charge is -2.25. The molecule has 0 bridgehead atoms. The molecule has 0 spiro atoms. The third-order valence-electron chi connectivity index (χ3n) is 5.85. The van der Waals surface area contributed by atoms with Gasteiger partial charge in [-0.3, -0.25) is 9.48 Å².